The van der Waals surface area contributed by atoms with E-state index < -0.39 is 8.25 Å². The summed E-state index contributed by atoms with van der Waals surface area (Å²) in [5, 5.41) is 0. The van der Waals surface area contributed by atoms with Crippen LogP contribution >= 0.6 is 8.25 Å². The van der Waals surface area contributed by atoms with E-state index in [1.54, 1.807) is 0 Å². The molecule has 1 radical (unpaired) electrons. The number of rotatable bonds is 1. The molecule has 9 heavy (non-hydrogen) atoms. The van der Waals surface area contributed by atoms with Gasteiger partial charge in [0, 0.05) is 5.92 Å². The van der Waals surface area contributed by atoms with Crippen molar-refractivity contribution in [3.8, 4) is 0 Å². The topological polar surface area (TPSA) is 35.5 Å². The molecular formula is C5H10O3P. The molecule has 0 N–H and O–H groups in total. The first-order chi connectivity index (χ1) is 4.33. The highest BCUT2D eigenvalue weighted by Crippen LogP contribution is 2.31. The van der Waals surface area contributed by atoms with Crippen molar-refractivity contribution in [2.45, 2.75) is 13.3 Å². The van der Waals surface area contributed by atoms with Gasteiger partial charge in [-0.15, -0.1) is 0 Å². The smallest absolute Gasteiger partial charge is 0.282 e. The maximum Gasteiger partial charge on any atom is 0.368 e. The van der Waals surface area contributed by atoms with E-state index in [1.165, 1.54) is 0 Å². The highest BCUT2D eigenvalue weighted by atomic mass is 31.1. The van der Waals surface area contributed by atoms with Crippen LogP contribution in [0, 0.1) is 5.92 Å². The Morgan fingerprint density at radius 3 is 2.56 bits per heavy atom. The largest absolute Gasteiger partial charge is 0.368 e. The Morgan fingerprint density at radius 2 is 2.11 bits per heavy atom. The Bertz CT molecular complexity index is 105. The van der Waals surface area contributed by atoms with Crippen molar-refractivity contribution >= 4 is 8.25 Å². The zero-order valence-electron chi connectivity index (χ0n) is 5.37. The molecule has 1 fully saturated rings. The number of hydrogen-bond donors (Lipinski definition) is 0. The molecule has 0 saturated carbocycles. The predicted molar refractivity (Wildman–Crippen MR) is 33.3 cm³/mol. The second kappa shape index (κ2) is 3.25. The molecule has 1 aliphatic rings. The van der Waals surface area contributed by atoms with Gasteiger partial charge in [0.2, 0.25) is 0 Å². The highest BCUT2D eigenvalue weighted by molar-refractivity contribution is 7.33. The zero-order chi connectivity index (χ0) is 6.69. The van der Waals surface area contributed by atoms with Crippen molar-refractivity contribution < 1.29 is 13.6 Å². The van der Waals surface area contributed by atoms with Gasteiger partial charge in [0.25, 0.3) is 0 Å². The molecule has 1 aliphatic heterocycles. The summed E-state index contributed by atoms with van der Waals surface area (Å²) in [7, 11) is -1.77. The summed E-state index contributed by atoms with van der Waals surface area (Å²) in [6.45, 7) is 3.24. The molecule has 0 aromatic rings. The summed E-state index contributed by atoms with van der Waals surface area (Å²) < 4.78 is 20.0. The lowest BCUT2D eigenvalue weighted by Crippen LogP contribution is -2.16. The highest BCUT2D eigenvalue weighted by Gasteiger charge is 2.17. The molecule has 4 heteroatoms. The second-order valence-electron chi connectivity index (χ2n) is 2.09. The third-order valence-corrected chi connectivity index (χ3v) is 2.13. The van der Waals surface area contributed by atoms with Gasteiger partial charge < -0.3 is 0 Å². The molecule has 0 atom stereocenters. The van der Waals surface area contributed by atoms with Crippen molar-refractivity contribution in [2.75, 3.05) is 13.2 Å². The van der Waals surface area contributed by atoms with Gasteiger partial charge in [0.05, 0.1) is 13.2 Å². The van der Waals surface area contributed by atoms with Gasteiger partial charge in [0.1, 0.15) is 0 Å². The molecule has 1 saturated heterocycles. The lowest BCUT2D eigenvalue weighted by Gasteiger charge is -2.18. The zero-order valence-corrected chi connectivity index (χ0v) is 6.27. The first-order valence-corrected chi connectivity index (χ1v) is 4.15. The predicted octanol–water partition coefficient (Wildman–Crippen LogP) is 1.72. The van der Waals surface area contributed by atoms with Gasteiger partial charge in [-0.2, -0.15) is 0 Å². The lowest BCUT2D eigenvalue weighted by molar-refractivity contribution is 0.106. The van der Waals surface area contributed by atoms with E-state index in [2.05, 4.69) is 6.92 Å². The van der Waals surface area contributed by atoms with Crippen LogP contribution in [0.25, 0.3) is 0 Å². The van der Waals surface area contributed by atoms with E-state index in [0.717, 1.165) is 6.42 Å². The maximum atomic E-state index is 10.4. The van der Waals surface area contributed by atoms with E-state index in [9.17, 15) is 4.57 Å². The Morgan fingerprint density at radius 1 is 1.56 bits per heavy atom. The summed E-state index contributed by atoms with van der Waals surface area (Å²) in [5.41, 5.74) is 0. The monoisotopic (exact) mass is 149 g/mol. The molecule has 0 bridgehead atoms. The van der Waals surface area contributed by atoms with Crippen molar-refractivity contribution in [3.05, 3.63) is 0 Å². The average Bonchev–Trinajstić information content (AvgIpc) is 1.90. The third-order valence-electron chi connectivity index (χ3n) is 1.41. The van der Waals surface area contributed by atoms with E-state index in [1.807, 2.05) is 0 Å². The van der Waals surface area contributed by atoms with E-state index in [0.29, 0.717) is 19.1 Å². The fourth-order valence-corrected chi connectivity index (χ4v) is 1.39. The molecule has 0 aromatic heterocycles. The Labute approximate surface area is 55.3 Å². The molecule has 0 amide bonds. The minimum absolute atomic E-state index is 0.442. The quantitative estimate of drug-likeness (QED) is 0.532. The first kappa shape index (κ1) is 7.13. The van der Waals surface area contributed by atoms with Gasteiger partial charge in [-0.3, -0.25) is 9.05 Å². The van der Waals surface area contributed by atoms with E-state index in [-0.39, 0.29) is 0 Å². The SMILES string of the molecule is CCC1CO[P](=O)OC1. The number of hydrogen-bond acceptors (Lipinski definition) is 3. The molecular weight excluding hydrogens is 139 g/mol. The van der Waals surface area contributed by atoms with E-state index in [4.69, 9.17) is 9.05 Å². The molecule has 1 rings (SSSR count). The minimum Gasteiger partial charge on any atom is -0.282 e. The van der Waals surface area contributed by atoms with Gasteiger partial charge in [0.15, 0.2) is 0 Å². The van der Waals surface area contributed by atoms with Crippen LogP contribution in [0.5, 0.6) is 0 Å². The Balaban J connectivity index is 2.26. The molecule has 0 spiro atoms. The standard InChI is InChI=1S/C5H10O3P/c1-2-5-3-7-9(6)8-4-5/h5H,2-4H2,1H3. The van der Waals surface area contributed by atoms with Crippen LogP contribution in [-0.4, -0.2) is 13.2 Å². The summed E-state index contributed by atoms with van der Waals surface area (Å²) in [6.07, 6.45) is 1.03. The third kappa shape index (κ3) is 2.01. The van der Waals surface area contributed by atoms with Crippen LogP contribution in [0.15, 0.2) is 0 Å². The molecule has 0 aliphatic carbocycles. The fraction of sp³-hybridized carbons (Fsp3) is 1.00. The van der Waals surface area contributed by atoms with Crippen LogP contribution in [-0.2, 0) is 13.6 Å². The van der Waals surface area contributed by atoms with Crippen molar-refractivity contribution in [3.63, 3.8) is 0 Å². The van der Waals surface area contributed by atoms with Crippen molar-refractivity contribution in [2.24, 2.45) is 5.92 Å². The van der Waals surface area contributed by atoms with Gasteiger partial charge in [-0.25, -0.2) is 4.57 Å². The van der Waals surface area contributed by atoms with Crippen LogP contribution in [0.4, 0.5) is 0 Å². The van der Waals surface area contributed by atoms with Gasteiger partial charge in [-0.05, 0) is 6.42 Å². The molecule has 0 aromatic carbocycles. The van der Waals surface area contributed by atoms with Crippen molar-refractivity contribution in [1.82, 2.24) is 0 Å². The Kier molecular flexibility index (Phi) is 2.58. The average molecular weight is 149 g/mol. The molecule has 1 heterocycles. The van der Waals surface area contributed by atoms with Crippen LogP contribution < -0.4 is 0 Å². The van der Waals surface area contributed by atoms with Crippen LogP contribution in [0.3, 0.4) is 0 Å². The summed E-state index contributed by atoms with van der Waals surface area (Å²) in [5.74, 6) is 0.442. The Hall–Kier alpha value is 0.0200. The summed E-state index contributed by atoms with van der Waals surface area (Å²) in [4.78, 5) is 0. The van der Waals surface area contributed by atoms with Crippen LogP contribution in [0.2, 0.25) is 0 Å². The summed E-state index contributed by atoms with van der Waals surface area (Å²) in [6, 6.07) is 0. The lowest BCUT2D eigenvalue weighted by atomic mass is 10.1. The maximum absolute atomic E-state index is 10.4. The molecule has 3 nitrogen and oxygen atoms in total. The minimum atomic E-state index is -1.77. The van der Waals surface area contributed by atoms with Crippen molar-refractivity contribution in [1.29, 1.82) is 0 Å². The van der Waals surface area contributed by atoms with Crippen LogP contribution in [0.1, 0.15) is 13.3 Å². The van der Waals surface area contributed by atoms with E-state index >= 15 is 0 Å². The fourth-order valence-electron chi connectivity index (χ4n) is 0.654. The first-order valence-electron chi connectivity index (χ1n) is 3.06. The second-order valence-corrected chi connectivity index (χ2v) is 3.05. The molecule has 53 valence electrons. The normalized spacial score (nSPS) is 32.6. The van der Waals surface area contributed by atoms with Gasteiger partial charge >= 0.3 is 8.25 Å². The summed E-state index contributed by atoms with van der Waals surface area (Å²) >= 11 is 0. The van der Waals surface area contributed by atoms with Gasteiger partial charge in [-0.1, -0.05) is 6.92 Å². The molecule has 0 unspecified atom stereocenters.